The van der Waals surface area contributed by atoms with E-state index in [1.54, 1.807) is 0 Å². The van der Waals surface area contributed by atoms with Gasteiger partial charge < -0.3 is 20.7 Å². The Balaban J connectivity index is 3.16. The second-order valence-electron chi connectivity index (χ2n) is 3.28. The molecule has 2 atom stereocenters. The van der Waals surface area contributed by atoms with Crippen molar-refractivity contribution >= 4 is 5.91 Å². The maximum Gasteiger partial charge on any atom is 0.249 e. The van der Waals surface area contributed by atoms with Crippen LogP contribution in [0.5, 0.6) is 5.75 Å². The predicted octanol–water partition coefficient (Wildman–Crippen LogP) is -0.147. The molecule has 0 aliphatic rings. The van der Waals surface area contributed by atoms with Crippen molar-refractivity contribution in [2.75, 3.05) is 7.11 Å². The summed E-state index contributed by atoms with van der Waals surface area (Å²) in [4.78, 5) is 10.6. The van der Waals surface area contributed by atoms with E-state index in [-0.39, 0.29) is 5.75 Å². The SMILES string of the molecule is COc1ccc(C(O)C(O)C(N)=O)c(F)c1F. The number of carbonyl (C=O) groups is 1. The Kier molecular flexibility index (Phi) is 3.97. The molecule has 0 saturated heterocycles. The van der Waals surface area contributed by atoms with Crippen LogP contribution in [0.2, 0.25) is 0 Å². The standard InChI is InChI=1S/C10H11F2NO4/c1-17-5-3-2-4(6(11)7(5)12)8(14)9(15)10(13)16/h2-3,8-9,14-15H,1H3,(H2,13,16). The predicted molar refractivity (Wildman–Crippen MR) is 53.1 cm³/mol. The Hall–Kier alpha value is -1.73. The number of ether oxygens (including phenoxy) is 1. The smallest absolute Gasteiger partial charge is 0.249 e. The molecule has 0 radical (unpaired) electrons. The van der Waals surface area contributed by atoms with Crippen LogP contribution in [0, 0.1) is 11.6 Å². The van der Waals surface area contributed by atoms with Crippen molar-refractivity contribution < 1.29 is 28.5 Å². The van der Waals surface area contributed by atoms with Crippen LogP contribution in [0.3, 0.4) is 0 Å². The van der Waals surface area contributed by atoms with E-state index in [1.165, 1.54) is 0 Å². The van der Waals surface area contributed by atoms with E-state index in [0.29, 0.717) is 0 Å². The molecule has 0 fully saturated rings. The first kappa shape index (κ1) is 13.3. The highest BCUT2D eigenvalue weighted by molar-refractivity contribution is 5.79. The van der Waals surface area contributed by atoms with Crippen LogP contribution in [-0.2, 0) is 4.79 Å². The third kappa shape index (κ3) is 2.51. The van der Waals surface area contributed by atoms with Gasteiger partial charge in [-0.15, -0.1) is 0 Å². The minimum Gasteiger partial charge on any atom is -0.494 e. The number of amides is 1. The Morgan fingerprint density at radius 2 is 1.94 bits per heavy atom. The summed E-state index contributed by atoms with van der Waals surface area (Å²) in [5, 5.41) is 18.6. The van der Waals surface area contributed by atoms with E-state index >= 15 is 0 Å². The fourth-order valence-corrected chi connectivity index (χ4v) is 1.26. The van der Waals surface area contributed by atoms with Gasteiger partial charge in [0.2, 0.25) is 11.7 Å². The highest BCUT2D eigenvalue weighted by Crippen LogP contribution is 2.27. The molecule has 0 heterocycles. The van der Waals surface area contributed by atoms with E-state index < -0.39 is 35.3 Å². The van der Waals surface area contributed by atoms with Gasteiger partial charge in [-0.2, -0.15) is 4.39 Å². The van der Waals surface area contributed by atoms with E-state index in [4.69, 9.17) is 10.8 Å². The van der Waals surface area contributed by atoms with Crippen molar-refractivity contribution in [1.82, 2.24) is 0 Å². The molecule has 0 saturated carbocycles. The summed E-state index contributed by atoms with van der Waals surface area (Å²) in [7, 11) is 1.15. The van der Waals surface area contributed by atoms with Crippen molar-refractivity contribution in [1.29, 1.82) is 0 Å². The summed E-state index contributed by atoms with van der Waals surface area (Å²) >= 11 is 0. The Morgan fingerprint density at radius 1 is 1.35 bits per heavy atom. The Bertz CT molecular complexity index is 439. The van der Waals surface area contributed by atoms with Gasteiger partial charge in [-0.3, -0.25) is 4.79 Å². The molecule has 0 spiro atoms. The zero-order chi connectivity index (χ0) is 13.2. The number of carbonyl (C=O) groups excluding carboxylic acids is 1. The lowest BCUT2D eigenvalue weighted by molar-refractivity contribution is -0.132. The number of aliphatic hydroxyl groups excluding tert-OH is 2. The number of primary amides is 1. The first-order valence-corrected chi connectivity index (χ1v) is 4.57. The van der Waals surface area contributed by atoms with Crippen molar-refractivity contribution in [2.24, 2.45) is 5.73 Å². The van der Waals surface area contributed by atoms with E-state index in [2.05, 4.69) is 4.74 Å². The molecule has 5 nitrogen and oxygen atoms in total. The van der Waals surface area contributed by atoms with Crippen molar-refractivity contribution in [3.8, 4) is 5.75 Å². The second-order valence-corrected chi connectivity index (χ2v) is 3.28. The van der Waals surface area contributed by atoms with Crippen LogP contribution in [0.4, 0.5) is 8.78 Å². The van der Waals surface area contributed by atoms with Crippen molar-refractivity contribution in [3.05, 3.63) is 29.3 Å². The number of hydrogen-bond donors (Lipinski definition) is 3. The Morgan fingerprint density at radius 3 is 2.41 bits per heavy atom. The van der Waals surface area contributed by atoms with Gasteiger partial charge in [-0.1, -0.05) is 0 Å². The molecule has 1 amide bonds. The van der Waals surface area contributed by atoms with E-state index in [1.807, 2.05) is 0 Å². The minimum absolute atomic E-state index is 0.355. The molecule has 94 valence electrons. The zero-order valence-electron chi connectivity index (χ0n) is 8.85. The summed E-state index contributed by atoms with van der Waals surface area (Å²) in [6.45, 7) is 0. The summed E-state index contributed by atoms with van der Waals surface area (Å²) in [6, 6.07) is 2.05. The maximum atomic E-state index is 13.4. The minimum atomic E-state index is -2.02. The number of halogens is 2. The van der Waals surface area contributed by atoms with Crippen LogP contribution in [-0.4, -0.2) is 29.3 Å². The highest BCUT2D eigenvalue weighted by atomic mass is 19.2. The first-order chi connectivity index (χ1) is 7.90. The first-order valence-electron chi connectivity index (χ1n) is 4.57. The summed E-state index contributed by atoms with van der Waals surface area (Å²) < 4.78 is 31.2. The zero-order valence-corrected chi connectivity index (χ0v) is 8.85. The number of aliphatic hydroxyl groups is 2. The van der Waals surface area contributed by atoms with Gasteiger partial charge in [0.1, 0.15) is 6.10 Å². The third-order valence-corrected chi connectivity index (χ3v) is 2.21. The van der Waals surface area contributed by atoms with E-state index in [9.17, 15) is 18.7 Å². The van der Waals surface area contributed by atoms with Gasteiger partial charge in [0.25, 0.3) is 0 Å². The average molecular weight is 247 g/mol. The molecule has 2 unspecified atom stereocenters. The van der Waals surface area contributed by atoms with Crippen molar-refractivity contribution in [3.63, 3.8) is 0 Å². The highest BCUT2D eigenvalue weighted by Gasteiger charge is 2.28. The maximum absolute atomic E-state index is 13.4. The van der Waals surface area contributed by atoms with Crippen LogP contribution >= 0.6 is 0 Å². The molecule has 0 aliphatic carbocycles. The number of methoxy groups -OCH3 is 1. The van der Waals surface area contributed by atoms with Gasteiger partial charge in [-0.25, -0.2) is 4.39 Å². The molecule has 1 aromatic rings. The molecule has 1 rings (SSSR count). The van der Waals surface area contributed by atoms with Crippen LogP contribution in [0.15, 0.2) is 12.1 Å². The molecule has 7 heteroatoms. The lowest BCUT2D eigenvalue weighted by Gasteiger charge is -2.16. The van der Waals surface area contributed by atoms with Crippen LogP contribution < -0.4 is 10.5 Å². The molecule has 0 aliphatic heterocycles. The molecule has 0 bridgehead atoms. The molecule has 4 N–H and O–H groups in total. The van der Waals surface area contributed by atoms with Gasteiger partial charge in [0.05, 0.1) is 7.11 Å². The van der Waals surface area contributed by atoms with Crippen molar-refractivity contribution in [2.45, 2.75) is 12.2 Å². The number of benzene rings is 1. The third-order valence-electron chi connectivity index (χ3n) is 2.21. The van der Waals surface area contributed by atoms with E-state index in [0.717, 1.165) is 19.2 Å². The molecule has 17 heavy (non-hydrogen) atoms. The lowest BCUT2D eigenvalue weighted by atomic mass is 10.0. The number of rotatable bonds is 4. The molecular formula is C10H11F2NO4. The fourth-order valence-electron chi connectivity index (χ4n) is 1.26. The topological polar surface area (TPSA) is 92.8 Å². The van der Waals surface area contributed by atoms with Gasteiger partial charge in [-0.05, 0) is 12.1 Å². The largest absolute Gasteiger partial charge is 0.494 e. The fraction of sp³-hybridized carbons (Fsp3) is 0.300. The molecule has 1 aromatic carbocycles. The van der Waals surface area contributed by atoms with Gasteiger partial charge >= 0.3 is 0 Å². The lowest BCUT2D eigenvalue weighted by Crippen LogP contribution is -2.34. The molecular weight excluding hydrogens is 236 g/mol. The van der Waals surface area contributed by atoms with Gasteiger partial charge in [0.15, 0.2) is 17.7 Å². The number of hydrogen-bond acceptors (Lipinski definition) is 4. The monoisotopic (exact) mass is 247 g/mol. The summed E-state index contributed by atoms with van der Waals surface area (Å²) in [5.41, 5.74) is 4.15. The second kappa shape index (κ2) is 5.07. The normalized spacial score (nSPS) is 14.2. The molecule has 0 aromatic heterocycles. The van der Waals surface area contributed by atoms with Crippen LogP contribution in [0.25, 0.3) is 0 Å². The van der Waals surface area contributed by atoms with Gasteiger partial charge in [0, 0.05) is 5.56 Å². The van der Waals surface area contributed by atoms with Crippen LogP contribution in [0.1, 0.15) is 11.7 Å². The summed E-state index contributed by atoms with van der Waals surface area (Å²) in [6.07, 6.45) is -3.95. The average Bonchev–Trinajstić information content (AvgIpc) is 2.30. The number of nitrogens with two attached hydrogens (primary N) is 1. The Labute approximate surface area is 95.4 Å². The summed E-state index contributed by atoms with van der Waals surface area (Å²) in [5.74, 6) is -4.32. The quantitative estimate of drug-likeness (QED) is 0.690.